The molecule has 0 radical (unpaired) electrons. The molecule has 5 nitrogen and oxygen atoms in total. The highest BCUT2D eigenvalue weighted by Gasteiger charge is 2.34. The van der Waals surface area contributed by atoms with Gasteiger partial charge in [-0.05, 0) is 13.8 Å². The lowest BCUT2D eigenvalue weighted by atomic mass is 9.98. The largest absolute Gasteiger partial charge is 0.461 e. The van der Waals surface area contributed by atoms with Gasteiger partial charge >= 0.3 is 11.6 Å². The molecule has 0 aliphatic heterocycles. The Labute approximate surface area is 100 Å². The summed E-state index contributed by atoms with van der Waals surface area (Å²) in [5, 5.41) is 11.7. The number of oxime groups is 1. The van der Waals surface area contributed by atoms with Crippen LogP contribution < -0.4 is 0 Å². The minimum atomic E-state index is -4.58. The van der Waals surface area contributed by atoms with Gasteiger partial charge in [0.15, 0.2) is 0 Å². The number of alkyl halides is 3. The number of halogens is 3. The molecule has 0 heterocycles. The van der Waals surface area contributed by atoms with Crippen molar-refractivity contribution in [2.24, 2.45) is 10.6 Å². The van der Waals surface area contributed by atoms with E-state index in [0.29, 0.717) is 0 Å². The Morgan fingerprint density at radius 1 is 1.53 bits per heavy atom. The fourth-order valence-electron chi connectivity index (χ4n) is 0.482. The summed E-state index contributed by atoms with van der Waals surface area (Å²) in [6.07, 6.45) is -0.255. The Hall–Kier alpha value is -1.43. The van der Waals surface area contributed by atoms with Crippen molar-refractivity contribution in [3.63, 3.8) is 0 Å². The highest BCUT2D eigenvalue weighted by molar-refractivity contribution is 7.98. The zero-order valence-electron chi connectivity index (χ0n) is 9.28. The van der Waals surface area contributed by atoms with E-state index in [1.54, 1.807) is 0 Å². The second kappa shape index (κ2) is 5.77. The highest BCUT2D eigenvalue weighted by atomic mass is 32.2. The predicted octanol–water partition coefficient (Wildman–Crippen LogP) is 2.76. The maximum absolute atomic E-state index is 11.9. The molecule has 0 aliphatic carbocycles. The average molecular weight is 269 g/mol. The van der Waals surface area contributed by atoms with Crippen LogP contribution in [0.1, 0.15) is 13.8 Å². The number of hydrogen-bond donors (Lipinski definition) is 0. The molecular weight excluding hydrogens is 259 g/mol. The van der Waals surface area contributed by atoms with E-state index in [1.165, 1.54) is 13.8 Å². The van der Waals surface area contributed by atoms with E-state index in [1.807, 2.05) is 6.07 Å². The third-order valence-corrected chi connectivity index (χ3v) is 1.92. The van der Waals surface area contributed by atoms with E-state index in [-0.39, 0.29) is 4.31 Å². The number of rotatable bonds is 3. The Kier molecular flexibility index (Phi) is 5.28. The Balaban J connectivity index is 4.25. The molecule has 0 bridgehead atoms. The van der Waals surface area contributed by atoms with E-state index in [2.05, 4.69) is 9.99 Å². The van der Waals surface area contributed by atoms with Gasteiger partial charge in [0, 0.05) is 7.05 Å². The first-order chi connectivity index (χ1) is 7.57. The van der Waals surface area contributed by atoms with Crippen molar-refractivity contribution in [1.82, 2.24) is 4.31 Å². The molecule has 0 atom stereocenters. The van der Waals surface area contributed by atoms with Gasteiger partial charge in [-0.1, -0.05) is 5.16 Å². The van der Waals surface area contributed by atoms with Gasteiger partial charge in [-0.25, -0.2) is 9.10 Å². The summed E-state index contributed by atoms with van der Waals surface area (Å²) in [5.41, 5.74) is -5.54. The first-order valence-corrected chi connectivity index (χ1v) is 5.01. The number of carbonyl (C=O) groups excluding carboxylic acids is 1. The fraction of sp³-hybridized carbons (Fsp3) is 0.625. The summed E-state index contributed by atoms with van der Waals surface area (Å²) in [4.78, 5) is 15.2. The number of amides is 1. The molecule has 0 saturated heterocycles. The Morgan fingerprint density at radius 3 is 2.47 bits per heavy atom. The molecule has 0 rings (SSSR count). The van der Waals surface area contributed by atoms with Crippen molar-refractivity contribution < 1.29 is 22.8 Å². The smallest absolute Gasteiger partial charge is 0.298 e. The maximum Gasteiger partial charge on any atom is 0.461 e. The van der Waals surface area contributed by atoms with Crippen LogP contribution in [0, 0.1) is 16.7 Å². The highest BCUT2D eigenvalue weighted by Crippen LogP contribution is 2.32. The minimum Gasteiger partial charge on any atom is -0.298 e. The van der Waals surface area contributed by atoms with Gasteiger partial charge in [0.2, 0.25) is 0 Å². The van der Waals surface area contributed by atoms with E-state index in [0.717, 1.165) is 13.3 Å². The van der Waals surface area contributed by atoms with Gasteiger partial charge in [-0.3, -0.25) is 4.84 Å². The molecule has 0 unspecified atom stereocenters. The number of nitrogens with zero attached hydrogens (tertiary/aromatic N) is 3. The second-order valence-electron chi connectivity index (χ2n) is 3.46. The molecule has 0 fully saturated rings. The first kappa shape index (κ1) is 15.6. The normalized spacial score (nSPS) is 12.3. The molecule has 0 aromatic carbocycles. The van der Waals surface area contributed by atoms with Gasteiger partial charge in [-0.2, -0.15) is 18.4 Å². The van der Waals surface area contributed by atoms with Crippen LogP contribution in [0.4, 0.5) is 18.0 Å². The van der Waals surface area contributed by atoms with Crippen LogP contribution in [0.3, 0.4) is 0 Å². The Morgan fingerprint density at radius 2 is 2.06 bits per heavy atom. The zero-order valence-corrected chi connectivity index (χ0v) is 10.1. The van der Waals surface area contributed by atoms with Crippen molar-refractivity contribution in [2.45, 2.75) is 19.4 Å². The molecule has 96 valence electrons. The lowest BCUT2D eigenvalue weighted by Crippen LogP contribution is -2.24. The van der Waals surface area contributed by atoms with Crippen LogP contribution in [-0.2, 0) is 4.84 Å². The van der Waals surface area contributed by atoms with Crippen molar-refractivity contribution in [2.75, 3.05) is 7.05 Å². The summed E-state index contributed by atoms with van der Waals surface area (Å²) in [5.74, 6) is 0. The fourth-order valence-corrected chi connectivity index (χ4v) is 0.900. The molecule has 17 heavy (non-hydrogen) atoms. The predicted molar refractivity (Wildman–Crippen MR) is 55.8 cm³/mol. The van der Waals surface area contributed by atoms with Crippen LogP contribution in [0.15, 0.2) is 5.16 Å². The summed E-state index contributed by atoms with van der Waals surface area (Å²) in [6.45, 7) is 3.00. The van der Waals surface area contributed by atoms with Crippen molar-refractivity contribution in [3.8, 4) is 6.07 Å². The van der Waals surface area contributed by atoms with Crippen LogP contribution in [0.2, 0.25) is 0 Å². The lowest BCUT2D eigenvalue weighted by Gasteiger charge is -2.14. The SMILES string of the molecule is CN(SC(F)(F)F)C(=O)ON=CC(C)(C)C#N. The maximum atomic E-state index is 11.9. The molecule has 0 aromatic heterocycles. The number of nitriles is 1. The van der Waals surface area contributed by atoms with Crippen molar-refractivity contribution >= 4 is 24.3 Å². The van der Waals surface area contributed by atoms with E-state index < -0.39 is 29.0 Å². The summed E-state index contributed by atoms with van der Waals surface area (Å²) < 4.78 is 35.8. The second-order valence-corrected chi connectivity index (χ2v) is 4.65. The summed E-state index contributed by atoms with van der Waals surface area (Å²) in [7, 11) is 0.894. The van der Waals surface area contributed by atoms with Crippen molar-refractivity contribution in [1.29, 1.82) is 5.26 Å². The topological polar surface area (TPSA) is 65.7 Å². The van der Waals surface area contributed by atoms with Gasteiger partial charge in [0.25, 0.3) is 0 Å². The molecular formula is C8H10F3N3O2S. The molecule has 0 spiro atoms. The van der Waals surface area contributed by atoms with Crippen LogP contribution in [-0.4, -0.2) is 29.2 Å². The van der Waals surface area contributed by atoms with Crippen LogP contribution in [0.5, 0.6) is 0 Å². The molecule has 0 saturated carbocycles. The molecule has 0 aliphatic rings. The first-order valence-electron chi connectivity index (χ1n) is 4.24. The number of carbonyl (C=O) groups is 1. The third kappa shape index (κ3) is 7.46. The quantitative estimate of drug-likeness (QED) is 0.342. The number of hydrogen-bond acceptors (Lipinski definition) is 5. The summed E-state index contributed by atoms with van der Waals surface area (Å²) >= 11 is -0.652. The Bertz CT molecular complexity index is 349. The molecule has 0 N–H and O–H groups in total. The van der Waals surface area contributed by atoms with Gasteiger partial charge in [0.05, 0.1) is 29.6 Å². The summed E-state index contributed by atoms with van der Waals surface area (Å²) in [6, 6.07) is 1.84. The average Bonchev–Trinajstić information content (AvgIpc) is 2.14. The van der Waals surface area contributed by atoms with E-state index >= 15 is 0 Å². The van der Waals surface area contributed by atoms with Gasteiger partial charge < -0.3 is 0 Å². The van der Waals surface area contributed by atoms with Crippen molar-refractivity contribution in [3.05, 3.63) is 0 Å². The molecule has 0 aromatic rings. The monoisotopic (exact) mass is 269 g/mol. The lowest BCUT2D eigenvalue weighted by molar-refractivity contribution is -0.0358. The zero-order chi connectivity index (χ0) is 13.7. The van der Waals surface area contributed by atoms with Crippen LogP contribution >= 0.6 is 11.9 Å². The van der Waals surface area contributed by atoms with Crippen LogP contribution in [0.25, 0.3) is 0 Å². The molecule has 1 amide bonds. The third-order valence-electron chi connectivity index (χ3n) is 1.29. The molecule has 9 heteroatoms. The minimum absolute atomic E-state index is 0.247. The van der Waals surface area contributed by atoms with Gasteiger partial charge in [0.1, 0.15) is 0 Å². The standard InChI is InChI=1S/C8H10F3N3O2S/c1-7(2,4-12)5-13-16-6(15)14(3)17-8(9,10)11/h5H,1-3H3. The van der Waals surface area contributed by atoms with Gasteiger partial charge in [-0.15, -0.1) is 0 Å². The van der Waals surface area contributed by atoms with E-state index in [9.17, 15) is 18.0 Å². The van der Waals surface area contributed by atoms with E-state index in [4.69, 9.17) is 5.26 Å².